The van der Waals surface area contributed by atoms with Crippen molar-refractivity contribution in [2.45, 2.75) is 6.92 Å². The van der Waals surface area contributed by atoms with Crippen molar-refractivity contribution in [1.82, 2.24) is 4.98 Å². The summed E-state index contributed by atoms with van der Waals surface area (Å²) < 4.78 is 0. The number of nitrogens with zero attached hydrogens (tertiary/aromatic N) is 1. The lowest BCUT2D eigenvalue weighted by Crippen LogP contribution is -1.92. The van der Waals surface area contributed by atoms with Gasteiger partial charge in [0.2, 0.25) is 0 Å². The van der Waals surface area contributed by atoms with E-state index in [2.05, 4.69) is 91.9 Å². The molecule has 0 aliphatic carbocycles. The first-order valence-electron chi connectivity index (χ1n) is 10.1. The van der Waals surface area contributed by atoms with Crippen LogP contribution in [-0.4, -0.2) is 4.98 Å². The highest BCUT2D eigenvalue weighted by molar-refractivity contribution is 6.38. The molecule has 0 spiro atoms. The highest BCUT2D eigenvalue weighted by Crippen LogP contribution is 2.43. The Bertz CT molecular complexity index is 1760. The second-order valence-corrected chi connectivity index (χ2v) is 8.08. The van der Waals surface area contributed by atoms with Crippen LogP contribution in [0.15, 0.2) is 84.9 Å². The molecule has 1 heteroatoms. The largest absolute Gasteiger partial charge is 0.247 e. The SMILES string of the molecule is Cc1ccc2c(ccc3c2nc2ccc4cccc5c6ccccc6c3c2c45)c1. The summed E-state index contributed by atoms with van der Waals surface area (Å²) in [4.78, 5) is 5.19. The van der Waals surface area contributed by atoms with Crippen molar-refractivity contribution in [1.29, 1.82) is 0 Å². The van der Waals surface area contributed by atoms with Gasteiger partial charge in [0, 0.05) is 21.5 Å². The molecule has 0 aliphatic rings. The Kier molecular flexibility index (Phi) is 2.74. The zero-order valence-electron chi connectivity index (χ0n) is 16.0. The maximum absolute atomic E-state index is 5.19. The van der Waals surface area contributed by atoms with E-state index < -0.39 is 0 Å². The molecule has 7 rings (SSSR count). The van der Waals surface area contributed by atoms with Gasteiger partial charge in [0.05, 0.1) is 11.0 Å². The van der Waals surface area contributed by atoms with Crippen LogP contribution in [0, 0.1) is 6.92 Å². The van der Waals surface area contributed by atoms with Crippen LogP contribution in [0.1, 0.15) is 5.56 Å². The van der Waals surface area contributed by atoms with Gasteiger partial charge in [-0.05, 0) is 45.3 Å². The summed E-state index contributed by atoms with van der Waals surface area (Å²) >= 11 is 0. The van der Waals surface area contributed by atoms with Gasteiger partial charge in [0.1, 0.15) is 0 Å². The van der Waals surface area contributed by atoms with Gasteiger partial charge in [-0.25, -0.2) is 4.98 Å². The fourth-order valence-electron chi connectivity index (χ4n) is 5.16. The molecule has 0 N–H and O–H groups in total. The lowest BCUT2D eigenvalue weighted by atomic mass is 9.88. The third-order valence-corrected chi connectivity index (χ3v) is 6.41. The van der Waals surface area contributed by atoms with E-state index in [0.717, 1.165) is 11.0 Å². The standard InChI is InChI=1S/C28H17N/c1-16-9-12-19-18(15-16)10-13-23-26-22-7-3-2-6-20(22)21-8-4-5-17-11-14-24(29-28(19)23)27(26)25(17)21/h2-15H,1H3. The lowest BCUT2D eigenvalue weighted by molar-refractivity contribution is 1.49. The van der Waals surface area contributed by atoms with E-state index in [-0.39, 0.29) is 0 Å². The number of aromatic nitrogens is 1. The Morgan fingerprint density at radius 1 is 0.517 bits per heavy atom. The minimum absolute atomic E-state index is 1.08. The predicted octanol–water partition coefficient (Wildman–Crippen LogP) is 7.75. The molecule has 1 nitrogen and oxygen atoms in total. The van der Waals surface area contributed by atoms with Crippen molar-refractivity contribution in [3.05, 3.63) is 90.5 Å². The quantitative estimate of drug-likeness (QED) is 0.197. The molecule has 0 fully saturated rings. The molecule has 7 aromatic rings. The molecule has 134 valence electrons. The van der Waals surface area contributed by atoms with Crippen molar-refractivity contribution >= 4 is 64.9 Å². The first-order valence-corrected chi connectivity index (χ1v) is 10.1. The highest BCUT2D eigenvalue weighted by atomic mass is 14.7. The van der Waals surface area contributed by atoms with E-state index in [1.807, 2.05) is 0 Å². The van der Waals surface area contributed by atoms with E-state index in [4.69, 9.17) is 4.98 Å². The Labute approximate surface area is 167 Å². The highest BCUT2D eigenvalue weighted by Gasteiger charge is 2.17. The molecule has 0 bridgehead atoms. The number of pyridine rings is 1. The van der Waals surface area contributed by atoms with Crippen molar-refractivity contribution in [2.24, 2.45) is 0 Å². The Morgan fingerprint density at radius 3 is 2.21 bits per heavy atom. The number of hydrogen-bond donors (Lipinski definition) is 0. The first kappa shape index (κ1) is 15.2. The molecule has 29 heavy (non-hydrogen) atoms. The Hall–Kier alpha value is -3.71. The molecule has 6 aromatic carbocycles. The topological polar surface area (TPSA) is 12.9 Å². The Morgan fingerprint density at radius 2 is 1.28 bits per heavy atom. The van der Waals surface area contributed by atoms with Crippen LogP contribution in [0.5, 0.6) is 0 Å². The van der Waals surface area contributed by atoms with Crippen LogP contribution in [0.3, 0.4) is 0 Å². The number of fused-ring (bicyclic) bond motifs is 7. The number of aryl methyl sites for hydroxylation is 1. The minimum atomic E-state index is 1.08. The average Bonchev–Trinajstić information content (AvgIpc) is 2.77. The fraction of sp³-hybridized carbons (Fsp3) is 0.0357. The molecular weight excluding hydrogens is 350 g/mol. The van der Waals surface area contributed by atoms with Crippen molar-refractivity contribution < 1.29 is 0 Å². The van der Waals surface area contributed by atoms with Crippen LogP contribution < -0.4 is 0 Å². The molecule has 0 saturated carbocycles. The van der Waals surface area contributed by atoms with E-state index in [1.165, 1.54) is 59.4 Å². The molecule has 1 aromatic heterocycles. The van der Waals surface area contributed by atoms with Crippen LogP contribution in [0.4, 0.5) is 0 Å². The number of rotatable bonds is 0. The van der Waals surface area contributed by atoms with Gasteiger partial charge in [-0.3, -0.25) is 0 Å². The number of benzene rings is 6. The van der Waals surface area contributed by atoms with Gasteiger partial charge in [-0.2, -0.15) is 0 Å². The summed E-state index contributed by atoms with van der Waals surface area (Å²) in [5.41, 5.74) is 3.45. The van der Waals surface area contributed by atoms with Crippen molar-refractivity contribution in [3.63, 3.8) is 0 Å². The van der Waals surface area contributed by atoms with Crippen LogP contribution in [-0.2, 0) is 0 Å². The summed E-state index contributed by atoms with van der Waals surface area (Å²) in [5, 5.41) is 12.9. The molecule has 0 atom stereocenters. The zero-order valence-corrected chi connectivity index (χ0v) is 16.0. The normalized spacial score (nSPS) is 12.3. The lowest BCUT2D eigenvalue weighted by Gasteiger charge is -2.16. The summed E-state index contributed by atoms with van der Waals surface area (Å²) in [6.07, 6.45) is 0. The third kappa shape index (κ3) is 1.87. The van der Waals surface area contributed by atoms with E-state index >= 15 is 0 Å². The van der Waals surface area contributed by atoms with Gasteiger partial charge in [-0.1, -0.05) is 84.4 Å². The maximum Gasteiger partial charge on any atom is 0.0794 e. The van der Waals surface area contributed by atoms with E-state index in [1.54, 1.807) is 0 Å². The van der Waals surface area contributed by atoms with Gasteiger partial charge >= 0.3 is 0 Å². The van der Waals surface area contributed by atoms with Crippen molar-refractivity contribution in [2.75, 3.05) is 0 Å². The van der Waals surface area contributed by atoms with Gasteiger partial charge < -0.3 is 0 Å². The van der Waals surface area contributed by atoms with Crippen molar-refractivity contribution in [3.8, 4) is 0 Å². The monoisotopic (exact) mass is 367 g/mol. The predicted molar refractivity (Wildman–Crippen MR) is 125 cm³/mol. The first-order chi connectivity index (χ1) is 14.3. The molecular formula is C28H17N. The zero-order chi connectivity index (χ0) is 19.1. The van der Waals surface area contributed by atoms with E-state index in [0.29, 0.717) is 0 Å². The second kappa shape index (κ2) is 5.21. The summed E-state index contributed by atoms with van der Waals surface area (Å²) in [6, 6.07) is 31.0. The average molecular weight is 367 g/mol. The molecule has 0 aliphatic heterocycles. The smallest absolute Gasteiger partial charge is 0.0794 e. The summed E-state index contributed by atoms with van der Waals surface area (Å²) in [6.45, 7) is 2.14. The molecule has 0 radical (unpaired) electrons. The molecule has 1 heterocycles. The molecule has 0 saturated heterocycles. The van der Waals surface area contributed by atoms with Gasteiger partial charge in [0.25, 0.3) is 0 Å². The second-order valence-electron chi connectivity index (χ2n) is 8.08. The third-order valence-electron chi connectivity index (χ3n) is 6.41. The van der Waals surface area contributed by atoms with Crippen LogP contribution in [0.2, 0.25) is 0 Å². The Balaban J connectivity index is 1.89. The maximum atomic E-state index is 5.19. The fourth-order valence-corrected chi connectivity index (χ4v) is 5.16. The van der Waals surface area contributed by atoms with Crippen LogP contribution in [0.25, 0.3) is 64.9 Å². The van der Waals surface area contributed by atoms with E-state index in [9.17, 15) is 0 Å². The van der Waals surface area contributed by atoms with Gasteiger partial charge in [-0.15, -0.1) is 0 Å². The number of hydrogen-bond acceptors (Lipinski definition) is 1. The minimum Gasteiger partial charge on any atom is -0.247 e. The molecule has 0 unspecified atom stereocenters. The van der Waals surface area contributed by atoms with Gasteiger partial charge in [0.15, 0.2) is 0 Å². The summed E-state index contributed by atoms with van der Waals surface area (Å²) in [5.74, 6) is 0. The van der Waals surface area contributed by atoms with Crippen LogP contribution >= 0.6 is 0 Å². The molecule has 0 amide bonds. The summed E-state index contributed by atoms with van der Waals surface area (Å²) in [7, 11) is 0.